The lowest BCUT2D eigenvalue weighted by Crippen LogP contribution is -2.51. The Morgan fingerprint density at radius 2 is 1.85 bits per heavy atom. The van der Waals surface area contributed by atoms with Crippen LogP contribution < -0.4 is 10.6 Å². The zero-order valence-electron chi connectivity index (χ0n) is 19.0. The SMILES string of the molecule is O=C(O)N[C@@H]1CCN(Cc2cn3c(C(=O)NCC45CC6CC(CC(C6)C4)C5)cccc3n2)C1. The maximum atomic E-state index is 13.2. The summed E-state index contributed by atoms with van der Waals surface area (Å²) in [6.45, 7) is 2.95. The third-order valence-electron chi connectivity index (χ3n) is 8.55. The van der Waals surface area contributed by atoms with Crippen LogP contribution in [0.5, 0.6) is 0 Å². The van der Waals surface area contributed by atoms with Crippen LogP contribution in [0.2, 0.25) is 0 Å². The van der Waals surface area contributed by atoms with Crippen molar-refractivity contribution in [2.45, 2.75) is 57.5 Å². The molecule has 1 atom stereocenters. The van der Waals surface area contributed by atoms with Crippen LogP contribution in [0.25, 0.3) is 5.65 Å². The van der Waals surface area contributed by atoms with Crippen molar-refractivity contribution in [2.75, 3.05) is 19.6 Å². The summed E-state index contributed by atoms with van der Waals surface area (Å²) < 4.78 is 1.90. The van der Waals surface area contributed by atoms with Crippen LogP contribution in [0.4, 0.5) is 4.79 Å². The Hall–Kier alpha value is -2.61. The van der Waals surface area contributed by atoms with Gasteiger partial charge in [-0.15, -0.1) is 0 Å². The summed E-state index contributed by atoms with van der Waals surface area (Å²) >= 11 is 0. The van der Waals surface area contributed by atoms with Gasteiger partial charge in [0.25, 0.3) is 5.91 Å². The fraction of sp³-hybridized carbons (Fsp3) is 0.640. The third-order valence-corrected chi connectivity index (χ3v) is 8.55. The van der Waals surface area contributed by atoms with Gasteiger partial charge < -0.3 is 15.7 Å². The first-order chi connectivity index (χ1) is 15.9. The predicted octanol–water partition coefficient (Wildman–Crippen LogP) is 3.12. The van der Waals surface area contributed by atoms with Crippen LogP contribution >= 0.6 is 0 Å². The molecule has 2 aromatic heterocycles. The molecule has 0 aromatic carbocycles. The molecular weight excluding hydrogens is 418 g/mol. The zero-order chi connectivity index (χ0) is 22.6. The van der Waals surface area contributed by atoms with Crippen molar-refractivity contribution in [1.29, 1.82) is 0 Å². The number of pyridine rings is 1. The molecule has 3 heterocycles. The molecule has 176 valence electrons. The van der Waals surface area contributed by atoms with E-state index in [0.717, 1.165) is 48.6 Å². The smallest absolute Gasteiger partial charge is 0.404 e. The number of aromatic nitrogens is 2. The maximum Gasteiger partial charge on any atom is 0.404 e. The number of likely N-dealkylation sites (tertiary alicyclic amines) is 1. The molecule has 1 saturated heterocycles. The molecule has 8 nitrogen and oxygen atoms in total. The molecule has 5 aliphatic rings. The average molecular weight is 452 g/mol. The molecule has 33 heavy (non-hydrogen) atoms. The van der Waals surface area contributed by atoms with Crippen LogP contribution in [0.15, 0.2) is 24.4 Å². The van der Waals surface area contributed by atoms with Crippen molar-refractivity contribution in [2.24, 2.45) is 23.2 Å². The number of hydrogen-bond acceptors (Lipinski definition) is 4. The van der Waals surface area contributed by atoms with E-state index in [-0.39, 0.29) is 11.9 Å². The Bertz CT molecular complexity index is 1040. The largest absolute Gasteiger partial charge is 0.465 e. The first-order valence-electron chi connectivity index (χ1n) is 12.4. The van der Waals surface area contributed by atoms with Gasteiger partial charge in [0.1, 0.15) is 11.3 Å². The summed E-state index contributed by atoms with van der Waals surface area (Å²) in [5.41, 5.74) is 2.61. The van der Waals surface area contributed by atoms with Crippen LogP contribution in [0, 0.1) is 23.2 Å². The van der Waals surface area contributed by atoms with Crippen LogP contribution in [0.1, 0.15) is 61.1 Å². The van der Waals surface area contributed by atoms with Gasteiger partial charge in [0.05, 0.1) is 5.69 Å². The molecule has 8 heteroatoms. The molecule has 5 fully saturated rings. The van der Waals surface area contributed by atoms with Gasteiger partial charge in [-0.2, -0.15) is 0 Å². The molecule has 2 amide bonds. The van der Waals surface area contributed by atoms with E-state index >= 15 is 0 Å². The number of nitrogens with zero attached hydrogens (tertiary/aromatic N) is 3. The quantitative estimate of drug-likeness (QED) is 0.627. The van der Waals surface area contributed by atoms with Gasteiger partial charge in [-0.25, -0.2) is 9.78 Å². The molecule has 0 radical (unpaired) electrons. The summed E-state index contributed by atoms with van der Waals surface area (Å²) in [6.07, 6.45) is 9.87. The molecule has 1 aliphatic heterocycles. The number of fused-ring (bicyclic) bond motifs is 1. The number of amides is 2. The number of carbonyl (C=O) groups excluding carboxylic acids is 1. The number of hydrogen-bond donors (Lipinski definition) is 3. The number of carbonyl (C=O) groups is 2. The minimum Gasteiger partial charge on any atom is -0.465 e. The molecule has 4 bridgehead atoms. The minimum atomic E-state index is -0.973. The second kappa shape index (κ2) is 8.01. The normalized spacial score (nSPS) is 33.0. The molecule has 4 saturated carbocycles. The number of carboxylic acid groups (broad SMARTS) is 1. The van der Waals surface area contributed by atoms with E-state index < -0.39 is 6.09 Å². The Balaban J connectivity index is 1.13. The monoisotopic (exact) mass is 451 g/mol. The van der Waals surface area contributed by atoms with E-state index in [2.05, 4.69) is 15.5 Å². The number of nitrogens with one attached hydrogen (secondary N) is 2. The lowest BCUT2D eigenvalue weighted by atomic mass is 9.49. The van der Waals surface area contributed by atoms with Crippen LogP contribution in [-0.4, -0.2) is 57.1 Å². The minimum absolute atomic E-state index is 0.0211. The molecule has 7 rings (SSSR count). The summed E-state index contributed by atoms with van der Waals surface area (Å²) in [4.78, 5) is 31.0. The Morgan fingerprint density at radius 1 is 1.12 bits per heavy atom. The zero-order valence-corrected chi connectivity index (χ0v) is 19.0. The fourth-order valence-electron chi connectivity index (χ4n) is 7.69. The predicted molar refractivity (Wildman–Crippen MR) is 123 cm³/mol. The highest BCUT2D eigenvalue weighted by Gasteiger charge is 2.50. The highest BCUT2D eigenvalue weighted by atomic mass is 16.4. The molecule has 4 aliphatic carbocycles. The van der Waals surface area contributed by atoms with Gasteiger partial charge in [-0.3, -0.25) is 14.1 Å². The maximum absolute atomic E-state index is 13.2. The Morgan fingerprint density at radius 3 is 2.55 bits per heavy atom. The van der Waals surface area contributed by atoms with Gasteiger partial charge in [0.15, 0.2) is 0 Å². The van der Waals surface area contributed by atoms with Crippen LogP contribution in [0.3, 0.4) is 0 Å². The van der Waals surface area contributed by atoms with Crippen molar-refractivity contribution in [3.63, 3.8) is 0 Å². The fourth-order valence-corrected chi connectivity index (χ4v) is 7.69. The number of imidazole rings is 1. The van der Waals surface area contributed by atoms with E-state index in [1.807, 2.05) is 28.8 Å². The number of rotatable bonds is 6. The highest BCUT2D eigenvalue weighted by molar-refractivity contribution is 5.93. The van der Waals surface area contributed by atoms with E-state index in [0.29, 0.717) is 24.2 Å². The Labute approximate surface area is 193 Å². The summed E-state index contributed by atoms with van der Waals surface area (Å²) in [7, 11) is 0. The average Bonchev–Trinajstić information content (AvgIpc) is 3.36. The second-order valence-electron chi connectivity index (χ2n) is 11.1. The molecule has 2 aromatic rings. The lowest BCUT2D eigenvalue weighted by molar-refractivity contribution is -0.0503. The van der Waals surface area contributed by atoms with Gasteiger partial charge in [-0.05, 0) is 80.2 Å². The first kappa shape index (κ1) is 21.0. The van der Waals surface area contributed by atoms with Gasteiger partial charge >= 0.3 is 6.09 Å². The molecule has 0 unspecified atom stereocenters. The molecular formula is C25H33N5O3. The molecule has 3 N–H and O–H groups in total. The molecule has 0 spiro atoms. The third kappa shape index (κ3) is 4.09. The Kier molecular flexibility index (Phi) is 5.09. The second-order valence-corrected chi connectivity index (χ2v) is 11.1. The summed E-state index contributed by atoms with van der Waals surface area (Å²) in [5, 5.41) is 14.8. The van der Waals surface area contributed by atoms with Crippen molar-refractivity contribution in [3.05, 3.63) is 35.8 Å². The van der Waals surface area contributed by atoms with Crippen molar-refractivity contribution in [1.82, 2.24) is 24.9 Å². The highest BCUT2D eigenvalue weighted by Crippen LogP contribution is 2.59. The van der Waals surface area contributed by atoms with Crippen molar-refractivity contribution < 1.29 is 14.7 Å². The van der Waals surface area contributed by atoms with Gasteiger partial charge in [-0.1, -0.05) is 6.07 Å². The van der Waals surface area contributed by atoms with E-state index in [9.17, 15) is 9.59 Å². The summed E-state index contributed by atoms with van der Waals surface area (Å²) in [6, 6.07) is 5.66. The standard InChI is InChI=1S/C25H33N5O3/c31-23(26-15-25-9-16-6-17(10-25)8-18(7-16)11-25)21-2-1-3-22-27-20(14-30(21)22)13-29-5-4-19(12-29)28-24(32)33/h1-3,14,16-19,28H,4-13,15H2,(H,26,31)(H,32,33)/t16?,17?,18?,19-,25?/m1/s1. The van der Waals surface area contributed by atoms with Gasteiger partial charge in [0.2, 0.25) is 0 Å². The first-order valence-corrected chi connectivity index (χ1v) is 12.4. The van der Waals surface area contributed by atoms with Gasteiger partial charge in [0, 0.05) is 38.4 Å². The van der Waals surface area contributed by atoms with Crippen molar-refractivity contribution in [3.8, 4) is 0 Å². The van der Waals surface area contributed by atoms with E-state index in [1.165, 1.54) is 38.5 Å². The summed E-state index contributed by atoms with van der Waals surface area (Å²) in [5.74, 6) is 2.61. The lowest BCUT2D eigenvalue weighted by Gasteiger charge is -2.56. The van der Waals surface area contributed by atoms with Crippen molar-refractivity contribution >= 4 is 17.6 Å². The van der Waals surface area contributed by atoms with E-state index in [1.54, 1.807) is 0 Å². The topological polar surface area (TPSA) is 99.0 Å². The van der Waals surface area contributed by atoms with Crippen LogP contribution in [-0.2, 0) is 6.54 Å². The van der Waals surface area contributed by atoms with E-state index in [4.69, 9.17) is 10.1 Å².